The maximum Gasteiger partial charge on any atom is 0.308 e. The minimum Gasteiger partial charge on any atom is -0.481 e. The highest BCUT2D eigenvalue weighted by Crippen LogP contribution is 2.18. The zero-order chi connectivity index (χ0) is 12.1. The molecule has 0 saturated carbocycles. The molecule has 0 amide bonds. The second kappa shape index (κ2) is 5.40. The van der Waals surface area contributed by atoms with E-state index in [1.54, 1.807) is 12.4 Å². The van der Waals surface area contributed by atoms with Crippen LogP contribution in [0, 0.1) is 0 Å². The van der Waals surface area contributed by atoms with Crippen molar-refractivity contribution in [2.75, 3.05) is 5.32 Å². The first-order chi connectivity index (χ1) is 8.24. The van der Waals surface area contributed by atoms with Crippen molar-refractivity contribution in [2.24, 2.45) is 0 Å². The van der Waals surface area contributed by atoms with Gasteiger partial charge in [-0.05, 0) is 12.1 Å². The molecule has 0 unspecified atom stereocenters. The Balaban J connectivity index is 1.91. The molecule has 0 bridgehead atoms. The first kappa shape index (κ1) is 11.5. The molecule has 0 aromatic carbocycles. The van der Waals surface area contributed by atoms with E-state index in [1.807, 2.05) is 12.1 Å². The lowest BCUT2D eigenvalue weighted by Gasteiger charge is -2.02. The average molecular weight is 249 g/mol. The third-order valence-electron chi connectivity index (χ3n) is 2.07. The van der Waals surface area contributed by atoms with Crippen LogP contribution < -0.4 is 5.32 Å². The fourth-order valence-electron chi connectivity index (χ4n) is 1.34. The second-order valence-corrected chi connectivity index (χ2v) is 4.67. The Morgan fingerprint density at radius 3 is 2.71 bits per heavy atom. The summed E-state index contributed by atoms with van der Waals surface area (Å²) in [6.45, 7) is 0.650. The number of hydrogen-bond donors (Lipinski definition) is 2. The van der Waals surface area contributed by atoms with Crippen molar-refractivity contribution in [1.29, 1.82) is 0 Å². The summed E-state index contributed by atoms with van der Waals surface area (Å²) in [7, 11) is 0. The molecule has 5 nitrogen and oxygen atoms in total. The maximum atomic E-state index is 10.5. The summed E-state index contributed by atoms with van der Waals surface area (Å²) >= 11 is 1.50. The van der Waals surface area contributed by atoms with Gasteiger partial charge in [0.15, 0.2) is 0 Å². The predicted octanol–water partition coefficient (Wildman–Crippen LogP) is 1.78. The molecule has 0 aliphatic carbocycles. The normalized spacial score (nSPS) is 10.1. The Hall–Kier alpha value is -1.95. The molecule has 0 radical (unpaired) electrons. The molecule has 88 valence electrons. The summed E-state index contributed by atoms with van der Waals surface area (Å²) in [6, 6.07) is 3.77. The molecular formula is C11H11N3O2S. The van der Waals surface area contributed by atoms with Gasteiger partial charge in [0.25, 0.3) is 0 Å². The largest absolute Gasteiger partial charge is 0.481 e. The number of thiophene rings is 1. The van der Waals surface area contributed by atoms with Gasteiger partial charge in [0.2, 0.25) is 0 Å². The fourth-order valence-corrected chi connectivity index (χ4v) is 2.29. The molecule has 2 heterocycles. The Labute approximate surface area is 102 Å². The molecule has 2 aromatic rings. The number of anilines is 1. The van der Waals surface area contributed by atoms with Crippen LogP contribution in [0.1, 0.15) is 9.75 Å². The van der Waals surface area contributed by atoms with Gasteiger partial charge in [-0.1, -0.05) is 0 Å². The maximum absolute atomic E-state index is 10.5. The molecule has 0 aliphatic rings. The number of nitrogens with zero attached hydrogens (tertiary/aromatic N) is 2. The van der Waals surface area contributed by atoms with Crippen LogP contribution in [0.25, 0.3) is 0 Å². The van der Waals surface area contributed by atoms with E-state index in [0.717, 1.165) is 15.4 Å². The minimum absolute atomic E-state index is 0.0825. The quantitative estimate of drug-likeness (QED) is 0.844. The highest BCUT2D eigenvalue weighted by molar-refractivity contribution is 7.12. The molecule has 6 heteroatoms. The third kappa shape index (κ3) is 3.53. The number of carboxylic acid groups (broad SMARTS) is 1. The summed E-state index contributed by atoms with van der Waals surface area (Å²) in [5, 5.41) is 11.8. The van der Waals surface area contributed by atoms with Crippen molar-refractivity contribution in [3.8, 4) is 0 Å². The highest BCUT2D eigenvalue weighted by Gasteiger charge is 2.04. The zero-order valence-electron chi connectivity index (χ0n) is 8.96. The number of carboxylic acids is 1. The molecule has 0 spiro atoms. The number of hydrogen-bond acceptors (Lipinski definition) is 5. The van der Waals surface area contributed by atoms with E-state index in [2.05, 4.69) is 15.3 Å². The molecule has 2 aromatic heterocycles. The fraction of sp³-hybridized carbons (Fsp3) is 0.182. The molecule has 0 atom stereocenters. The first-order valence-corrected chi connectivity index (χ1v) is 5.84. The minimum atomic E-state index is -0.803. The Kier molecular flexibility index (Phi) is 3.66. The topological polar surface area (TPSA) is 75.1 Å². The van der Waals surface area contributed by atoms with Crippen LogP contribution in [0.2, 0.25) is 0 Å². The van der Waals surface area contributed by atoms with E-state index in [4.69, 9.17) is 5.11 Å². The van der Waals surface area contributed by atoms with Gasteiger partial charge in [0, 0.05) is 16.3 Å². The van der Waals surface area contributed by atoms with E-state index in [-0.39, 0.29) is 6.42 Å². The van der Waals surface area contributed by atoms with Gasteiger partial charge in [-0.2, -0.15) is 0 Å². The summed E-state index contributed by atoms with van der Waals surface area (Å²) in [5.41, 5.74) is 0.848. The lowest BCUT2D eigenvalue weighted by Crippen LogP contribution is -1.98. The van der Waals surface area contributed by atoms with Gasteiger partial charge >= 0.3 is 5.97 Å². The summed E-state index contributed by atoms with van der Waals surface area (Å²) in [6.07, 6.45) is 4.94. The lowest BCUT2D eigenvalue weighted by molar-refractivity contribution is -0.136. The van der Waals surface area contributed by atoms with E-state index in [9.17, 15) is 4.79 Å². The molecule has 17 heavy (non-hydrogen) atoms. The van der Waals surface area contributed by atoms with Gasteiger partial charge in [-0.25, -0.2) is 9.97 Å². The number of aliphatic carboxylic acids is 1. The van der Waals surface area contributed by atoms with Crippen molar-refractivity contribution in [3.05, 3.63) is 40.6 Å². The average Bonchev–Trinajstić information content (AvgIpc) is 2.75. The van der Waals surface area contributed by atoms with E-state index >= 15 is 0 Å². The van der Waals surface area contributed by atoms with Crippen LogP contribution >= 0.6 is 11.3 Å². The predicted molar refractivity (Wildman–Crippen MR) is 65.0 cm³/mol. The first-order valence-electron chi connectivity index (χ1n) is 5.02. The standard InChI is InChI=1S/C11H11N3O2S/c15-11(16)3-9-1-2-10(17-9)6-14-8-4-12-7-13-5-8/h1-2,4-5,7,14H,3,6H2,(H,15,16). The summed E-state index contributed by atoms with van der Waals surface area (Å²) in [5.74, 6) is -0.803. The van der Waals surface area contributed by atoms with Gasteiger partial charge in [-0.15, -0.1) is 11.3 Å². The molecule has 2 rings (SSSR count). The Morgan fingerprint density at radius 1 is 1.29 bits per heavy atom. The smallest absolute Gasteiger partial charge is 0.308 e. The van der Waals surface area contributed by atoms with Gasteiger partial charge in [-0.3, -0.25) is 4.79 Å². The zero-order valence-corrected chi connectivity index (χ0v) is 9.78. The number of rotatable bonds is 5. The summed E-state index contributed by atoms with van der Waals surface area (Å²) in [4.78, 5) is 20.3. The SMILES string of the molecule is O=C(O)Cc1ccc(CNc2cncnc2)s1. The van der Waals surface area contributed by atoms with E-state index < -0.39 is 5.97 Å². The van der Waals surface area contributed by atoms with Crippen molar-refractivity contribution >= 4 is 23.0 Å². The number of nitrogens with one attached hydrogen (secondary N) is 1. The number of aromatic nitrogens is 2. The molecular weight excluding hydrogens is 238 g/mol. The van der Waals surface area contributed by atoms with E-state index in [1.165, 1.54) is 17.7 Å². The van der Waals surface area contributed by atoms with Gasteiger partial charge < -0.3 is 10.4 Å². The van der Waals surface area contributed by atoms with Gasteiger partial charge in [0.1, 0.15) is 6.33 Å². The molecule has 0 aliphatic heterocycles. The third-order valence-corrected chi connectivity index (χ3v) is 3.16. The summed E-state index contributed by atoms with van der Waals surface area (Å²) < 4.78 is 0. The monoisotopic (exact) mass is 249 g/mol. The highest BCUT2D eigenvalue weighted by atomic mass is 32.1. The van der Waals surface area contributed by atoms with Crippen LogP contribution in [-0.2, 0) is 17.8 Å². The van der Waals surface area contributed by atoms with Crippen molar-refractivity contribution in [3.63, 3.8) is 0 Å². The van der Waals surface area contributed by atoms with Crippen LogP contribution in [0.5, 0.6) is 0 Å². The van der Waals surface area contributed by atoms with Crippen molar-refractivity contribution in [2.45, 2.75) is 13.0 Å². The van der Waals surface area contributed by atoms with Crippen LogP contribution in [0.3, 0.4) is 0 Å². The second-order valence-electron chi connectivity index (χ2n) is 3.42. The van der Waals surface area contributed by atoms with E-state index in [0.29, 0.717) is 6.54 Å². The Bertz CT molecular complexity index is 498. The molecule has 2 N–H and O–H groups in total. The lowest BCUT2D eigenvalue weighted by atomic mass is 10.3. The van der Waals surface area contributed by atoms with Crippen LogP contribution in [-0.4, -0.2) is 21.0 Å². The van der Waals surface area contributed by atoms with Crippen LogP contribution in [0.15, 0.2) is 30.9 Å². The molecule has 0 fully saturated rings. The molecule has 0 saturated heterocycles. The number of carbonyl (C=O) groups is 1. The van der Waals surface area contributed by atoms with Crippen molar-refractivity contribution < 1.29 is 9.90 Å². The Morgan fingerprint density at radius 2 is 2.00 bits per heavy atom. The van der Waals surface area contributed by atoms with Crippen molar-refractivity contribution in [1.82, 2.24) is 9.97 Å². The van der Waals surface area contributed by atoms with Crippen LogP contribution in [0.4, 0.5) is 5.69 Å². The van der Waals surface area contributed by atoms with Gasteiger partial charge in [0.05, 0.1) is 24.5 Å².